The van der Waals surface area contributed by atoms with Crippen molar-refractivity contribution in [2.45, 2.75) is 44.6 Å². The number of fused-ring (bicyclic) bond motifs is 1. The largest absolute Gasteiger partial charge is 0.385 e. The van der Waals surface area contributed by atoms with E-state index >= 15 is 0 Å². The summed E-state index contributed by atoms with van der Waals surface area (Å²) in [5, 5.41) is 10.8. The predicted octanol–water partition coefficient (Wildman–Crippen LogP) is 4.15. The van der Waals surface area contributed by atoms with Crippen molar-refractivity contribution < 1.29 is 9.50 Å². The van der Waals surface area contributed by atoms with Gasteiger partial charge in [0.1, 0.15) is 5.82 Å². The molecule has 2 aromatic rings. The molecule has 0 saturated heterocycles. The fraction of sp³-hybridized carbons (Fsp3) is 0.368. The lowest BCUT2D eigenvalue weighted by Gasteiger charge is -2.26. The SMILES string of the molecule is CC(O)(Cc1ccccc1F)c1ccc2c(c1)CCCC2. The average molecular weight is 284 g/mol. The Morgan fingerprint density at radius 3 is 2.52 bits per heavy atom. The van der Waals surface area contributed by atoms with Gasteiger partial charge in [0, 0.05) is 6.42 Å². The Morgan fingerprint density at radius 1 is 1.05 bits per heavy atom. The van der Waals surface area contributed by atoms with Crippen LogP contribution in [0.15, 0.2) is 42.5 Å². The quantitative estimate of drug-likeness (QED) is 0.897. The highest BCUT2D eigenvalue weighted by atomic mass is 19.1. The molecule has 1 aliphatic carbocycles. The molecule has 1 unspecified atom stereocenters. The normalized spacial score (nSPS) is 17.1. The standard InChI is InChI=1S/C19H21FO/c1-19(21,13-16-8-4-5-9-18(16)20)17-11-10-14-6-2-3-7-15(14)12-17/h4-5,8-12,21H,2-3,6-7,13H2,1H3. The molecule has 1 atom stereocenters. The average Bonchev–Trinajstić information content (AvgIpc) is 2.49. The second-order valence-electron chi connectivity index (χ2n) is 6.23. The molecule has 0 amide bonds. The highest BCUT2D eigenvalue weighted by Gasteiger charge is 2.26. The van der Waals surface area contributed by atoms with Crippen LogP contribution >= 0.6 is 0 Å². The number of benzene rings is 2. The van der Waals surface area contributed by atoms with Gasteiger partial charge >= 0.3 is 0 Å². The topological polar surface area (TPSA) is 20.2 Å². The van der Waals surface area contributed by atoms with E-state index in [9.17, 15) is 9.50 Å². The second kappa shape index (κ2) is 5.61. The molecule has 0 heterocycles. The first-order valence-electron chi connectivity index (χ1n) is 7.64. The summed E-state index contributed by atoms with van der Waals surface area (Å²) >= 11 is 0. The molecule has 2 heteroatoms. The van der Waals surface area contributed by atoms with Crippen molar-refractivity contribution in [1.29, 1.82) is 0 Å². The Morgan fingerprint density at radius 2 is 1.76 bits per heavy atom. The Kier molecular flexibility index (Phi) is 3.81. The summed E-state index contributed by atoms with van der Waals surface area (Å²) in [7, 11) is 0. The molecule has 3 rings (SSSR count). The van der Waals surface area contributed by atoms with Crippen molar-refractivity contribution in [3.63, 3.8) is 0 Å². The Balaban J connectivity index is 1.89. The number of halogens is 1. The van der Waals surface area contributed by atoms with Gasteiger partial charge < -0.3 is 5.11 Å². The maximum atomic E-state index is 13.8. The van der Waals surface area contributed by atoms with Crippen LogP contribution in [0.4, 0.5) is 4.39 Å². The van der Waals surface area contributed by atoms with Crippen molar-refractivity contribution in [3.05, 3.63) is 70.5 Å². The maximum absolute atomic E-state index is 13.8. The Bertz CT molecular complexity index is 646. The zero-order valence-corrected chi connectivity index (χ0v) is 12.4. The maximum Gasteiger partial charge on any atom is 0.126 e. The van der Waals surface area contributed by atoms with Gasteiger partial charge in [0.2, 0.25) is 0 Å². The van der Waals surface area contributed by atoms with Gasteiger partial charge in [-0.2, -0.15) is 0 Å². The lowest BCUT2D eigenvalue weighted by Crippen LogP contribution is -2.25. The molecule has 2 aromatic carbocycles. The molecule has 0 fully saturated rings. The first-order valence-corrected chi connectivity index (χ1v) is 7.64. The van der Waals surface area contributed by atoms with Crippen molar-refractivity contribution in [2.24, 2.45) is 0 Å². The van der Waals surface area contributed by atoms with Gasteiger partial charge in [-0.05, 0) is 60.9 Å². The number of hydrogen-bond acceptors (Lipinski definition) is 1. The van der Waals surface area contributed by atoms with Crippen LogP contribution < -0.4 is 0 Å². The van der Waals surface area contributed by atoms with E-state index in [1.165, 1.54) is 30.0 Å². The molecule has 0 bridgehead atoms. The van der Waals surface area contributed by atoms with Crippen LogP contribution in [-0.2, 0) is 24.9 Å². The van der Waals surface area contributed by atoms with Crippen LogP contribution in [0.3, 0.4) is 0 Å². The summed E-state index contributed by atoms with van der Waals surface area (Å²) in [4.78, 5) is 0. The lowest BCUT2D eigenvalue weighted by atomic mass is 9.84. The monoisotopic (exact) mass is 284 g/mol. The molecule has 0 spiro atoms. The number of hydrogen-bond donors (Lipinski definition) is 1. The second-order valence-corrected chi connectivity index (χ2v) is 6.23. The third kappa shape index (κ3) is 3.01. The summed E-state index contributed by atoms with van der Waals surface area (Å²) < 4.78 is 13.8. The highest BCUT2D eigenvalue weighted by Crippen LogP contribution is 2.30. The van der Waals surface area contributed by atoms with Crippen LogP contribution in [0.25, 0.3) is 0 Å². The van der Waals surface area contributed by atoms with E-state index in [1.807, 2.05) is 6.07 Å². The molecule has 0 aromatic heterocycles. The van der Waals surface area contributed by atoms with E-state index in [1.54, 1.807) is 25.1 Å². The summed E-state index contributed by atoms with van der Waals surface area (Å²) in [6.07, 6.45) is 4.96. The molecule has 1 nitrogen and oxygen atoms in total. The molecule has 1 aliphatic rings. The molecule has 1 N–H and O–H groups in total. The fourth-order valence-corrected chi connectivity index (χ4v) is 3.18. The van der Waals surface area contributed by atoms with Crippen LogP contribution in [0.1, 0.15) is 42.0 Å². The molecule has 0 saturated carbocycles. The minimum absolute atomic E-state index is 0.254. The third-order valence-electron chi connectivity index (χ3n) is 4.46. The van der Waals surface area contributed by atoms with Crippen LogP contribution in [-0.4, -0.2) is 5.11 Å². The predicted molar refractivity (Wildman–Crippen MR) is 82.8 cm³/mol. The van der Waals surface area contributed by atoms with E-state index < -0.39 is 5.60 Å². The van der Waals surface area contributed by atoms with E-state index in [4.69, 9.17) is 0 Å². The zero-order chi connectivity index (χ0) is 14.9. The van der Waals surface area contributed by atoms with Gasteiger partial charge in [0.25, 0.3) is 0 Å². The number of aryl methyl sites for hydroxylation is 2. The lowest BCUT2D eigenvalue weighted by molar-refractivity contribution is 0.0566. The van der Waals surface area contributed by atoms with E-state index in [-0.39, 0.29) is 5.82 Å². The van der Waals surface area contributed by atoms with Crippen LogP contribution in [0.2, 0.25) is 0 Å². The summed E-state index contributed by atoms with van der Waals surface area (Å²) in [6.45, 7) is 1.77. The molecular formula is C19H21FO. The van der Waals surface area contributed by atoms with Crippen molar-refractivity contribution in [3.8, 4) is 0 Å². The minimum atomic E-state index is -1.05. The van der Waals surface area contributed by atoms with Crippen LogP contribution in [0.5, 0.6) is 0 Å². The number of rotatable bonds is 3. The fourth-order valence-electron chi connectivity index (χ4n) is 3.18. The molecule has 0 radical (unpaired) electrons. The first-order chi connectivity index (χ1) is 10.1. The minimum Gasteiger partial charge on any atom is -0.385 e. The summed E-state index contributed by atoms with van der Waals surface area (Å²) in [5.41, 5.74) is 3.13. The molecule has 110 valence electrons. The number of aliphatic hydroxyl groups is 1. The van der Waals surface area contributed by atoms with Gasteiger partial charge in [-0.3, -0.25) is 0 Å². The Labute approximate surface area is 125 Å². The summed E-state index contributed by atoms with van der Waals surface area (Å²) in [5.74, 6) is -0.254. The summed E-state index contributed by atoms with van der Waals surface area (Å²) in [6, 6.07) is 12.9. The van der Waals surface area contributed by atoms with Crippen molar-refractivity contribution >= 4 is 0 Å². The smallest absolute Gasteiger partial charge is 0.126 e. The van der Waals surface area contributed by atoms with E-state index in [0.29, 0.717) is 12.0 Å². The van der Waals surface area contributed by atoms with Gasteiger partial charge in [0.15, 0.2) is 0 Å². The highest BCUT2D eigenvalue weighted by molar-refractivity contribution is 5.37. The molecule has 21 heavy (non-hydrogen) atoms. The third-order valence-corrected chi connectivity index (χ3v) is 4.46. The van der Waals surface area contributed by atoms with Crippen molar-refractivity contribution in [2.75, 3.05) is 0 Å². The Hall–Kier alpha value is -1.67. The first kappa shape index (κ1) is 14.3. The van der Waals surface area contributed by atoms with E-state index in [0.717, 1.165) is 18.4 Å². The van der Waals surface area contributed by atoms with Gasteiger partial charge in [-0.1, -0.05) is 36.4 Å². The van der Waals surface area contributed by atoms with Gasteiger partial charge in [0.05, 0.1) is 5.60 Å². The van der Waals surface area contributed by atoms with Crippen molar-refractivity contribution in [1.82, 2.24) is 0 Å². The molecular weight excluding hydrogens is 263 g/mol. The van der Waals surface area contributed by atoms with Crippen LogP contribution in [0, 0.1) is 5.82 Å². The molecule has 0 aliphatic heterocycles. The van der Waals surface area contributed by atoms with Gasteiger partial charge in [-0.25, -0.2) is 4.39 Å². The van der Waals surface area contributed by atoms with Gasteiger partial charge in [-0.15, -0.1) is 0 Å². The van der Waals surface area contributed by atoms with E-state index in [2.05, 4.69) is 12.1 Å². The zero-order valence-electron chi connectivity index (χ0n) is 12.4.